The molecule has 1 N–H and O–H groups in total. The van der Waals surface area contributed by atoms with Crippen LogP contribution in [0.3, 0.4) is 0 Å². The number of nitrogens with one attached hydrogen (secondary N) is 1. The molecule has 102 valence electrons. The molecule has 2 nitrogen and oxygen atoms in total. The summed E-state index contributed by atoms with van der Waals surface area (Å²) in [6.45, 7) is 0. The van der Waals surface area contributed by atoms with Gasteiger partial charge in [-0.2, -0.15) is 0 Å². The van der Waals surface area contributed by atoms with Crippen LogP contribution >= 0.6 is 27.3 Å². The van der Waals surface area contributed by atoms with E-state index in [1.807, 2.05) is 18.2 Å². The van der Waals surface area contributed by atoms with Gasteiger partial charge in [-0.1, -0.05) is 27.3 Å². The van der Waals surface area contributed by atoms with E-state index >= 15 is 0 Å². The van der Waals surface area contributed by atoms with Gasteiger partial charge in [0, 0.05) is 4.47 Å². The Morgan fingerprint density at radius 1 is 1.05 bits per heavy atom. The molecule has 2 aromatic carbocycles. The van der Waals surface area contributed by atoms with Crippen LogP contribution in [0.25, 0.3) is 10.2 Å². The summed E-state index contributed by atoms with van der Waals surface area (Å²) in [7, 11) is 0. The summed E-state index contributed by atoms with van der Waals surface area (Å²) in [5.41, 5.74) is 0.589. The second-order valence-corrected chi connectivity index (χ2v) is 5.93. The molecule has 0 saturated carbocycles. The van der Waals surface area contributed by atoms with E-state index in [2.05, 4.69) is 26.2 Å². The first-order valence-corrected chi connectivity index (χ1v) is 7.12. The molecule has 0 aliphatic rings. The van der Waals surface area contributed by atoms with Gasteiger partial charge in [0.2, 0.25) is 0 Å². The van der Waals surface area contributed by atoms with Crippen LogP contribution in [0, 0.1) is 17.5 Å². The summed E-state index contributed by atoms with van der Waals surface area (Å²) in [5, 5.41) is 3.07. The molecule has 0 aliphatic carbocycles. The highest BCUT2D eigenvalue weighted by molar-refractivity contribution is 9.10. The molecule has 1 aromatic heterocycles. The number of halogens is 4. The van der Waals surface area contributed by atoms with Crippen LogP contribution in [0.1, 0.15) is 0 Å². The molecule has 0 fully saturated rings. The van der Waals surface area contributed by atoms with Gasteiger partial charge in [0.25, 0.3) is 0 Å². The van der Waals surface area contributed by atoms with Crippen LogP contribution in [0.2, 0.25) is 0 Å². The molecule has 0 spiro atoms. The summed E-state index contributed by atoms with van der Waals surface area (Å²) in [4.78, 5) is 4.25. The summed E-state index contributed by atoms with van der Waals surface area (Å²) < 4.78 is 41.3. The number of rotatable bonds is 2. The van der Waals surface area contributed by atoms with E-state index < -0.39 is 17.5 Å². The predicted octanol–water partition coefficient (Wildman–Crippen LogP) is 5.22. The molecule has 0 bridgehead atoms. The Bertz CT molecular complexity index is 804. The van der Waals surface area contributed by atoms with Crippen molar-refractivity contribution in [3.63, 3.8) is 0 Å². The van der Waals surface area contributed by atoms with Gasteiger partial charge in [0.15, 0.2) is 22.6 Å². The number of aromatic nitrogens is 1. The quantitative estimate of drug-likeness (QED) is 0.635. The lowest BCUT2D eigenvalue weighted by Gasteiger charge is -2.04. The summed E-state index contributed by atoms with van der Waals surface area (Å²) >= 11 is 4.63. The van der Waals surface area contributed by atoms with E-state index in [0.717, 1.165) is 26.8 Å². The maximum Gasteiger partial charge on any atom is 0.196 e. The Balaban J connectivity index is 1.99. The highest BCUT2D eigenvalue weighted by Gasteiger charge is 2.14. The molecular formula is C13H6BrF3N2S. The molecule has 20 heavy (non-hydrogen) atoms. The fourth-order valence-electron chi connectivity index (χ4n) is 1.69. The number of nitrogens with zero attached hydrogens (tertiary/aromatic N) is 1. The van der Waals surface area contributed by atoms with Crippen molar-refractivity contribution in [3.05, 3.63) is 52.3 Å². The largest absolute Gasteiger partial charge is 0.329 e. The van der Waals surface area contributed by atoms with Gasteiger partial charge >= 0.3 is 0 Å². The van der Waals surface area contributed by atoms with Crippen LogP contribution in [-0.2, 0) is 0 Å². The Labute approximate surface area is 124 Å². The topological polar surface area (TPSA) is 24.9 Å². The fraction of sp³-hybridized carbons (Fsp3) is 0. The third-order valence-electron chi connectivity index (χ3n) is 2.63. The number of anilines is 2. The average Bonchev–Trinajstić information content (AvgIpc) is 2.81. The van der Waals surface area contributed by atoms with Crippen molar-refractivity contribution in [1.82, 2.24) is 4.98 Å². The third kappa shape index (κ3) is 2.38. The first kappa shape index (κ1) is 13.4. The number of hydrogen-bond acceptors (Lipinski definition) is 3. The van der Waals surface area contributed by atoms with Crippen molar-refractivity contribution < 1.29 is 13.2 Å². The van der Waals surface area contributed by atoms with E-state index in [1.54, 1.807) is 0 Å². The van der Waals surface area contributed by atoms with Crippen LogP contribution < -0.4 is 5.32 Å². The van der Waals surface area contributed by atoms with Crippen molar-refractivity contribution in [2.24, 2.45) is 0 Å². The molecule has 0 aliphatic heterocycles. The zero-order chi connectivity index (χ0) is 14.3. The van der Waals surface area contributed by atoms with E-state index in [0.29, 0.717) is 5.13 Å². The number of hydrogen-bond donors (Lipinski definition) is 1. The zero-order valence-electron chi connectivity index (χ0n) is 9.75. The first-order chi connectivity index (χ1) is 9.54. The Kier molecular flexibility index (Phi) is 3.39. The lowest BCUT2D eigenvalue weighted by molar-refractivity contribution is 0.449. The van der Waals surface area contributed by atoms with E-state index in [1.165, 1.54) is 11.3 Å². The van der Waals surface area contributed by atoms with E-state index in [-0.39, 0.29) is 5.69 Å². The molecule has 3 rings (SSSR count). The molecule has 0 unspecified atom stereocenters. The highest BCUT2D eigenvalue weighted by Crippen LogP contribution is 2.31. The van der Waals surface area contributed by atoms with Gasteiger partial charge < -0.3 is 5.32 Å². The third-order valence-corrected chi connectivity index (χ3v) is 4.05. The van der Waals surface area contributed by atoms with Gasteiger partial charge in [-0.15, -0.1) is 0 Å². The van der Waals surface area contributed by atoms with E-state index in [9.17, 15) is 13.2 Å². The van der Waals surface area contributed by atoms with Gasteiger partial charge in [0.05, 0.1) is 15.9 Å². The van der Waals surface area contributed by atoms with E-state index in [4.69, 9.17) is 0 Å². The summed E-state index contributed by atoms with van der Waals surface area (Å²) in [5.74, 6) is -3.98. The smallest absolute Gasteiger partial charge is 0.196 e. The SMILES string of the molecule is Fc1ccc(Nc2nc3ccc(Br)cc3s2)c(F)c1F. The first-order valence-electron chi connectivity index (χ1n) is 5.51. The molecule has 0 amide bonds. The normalized spacial score (nSPS) is 11.0. The van der Waals surface area contributed by atoms with Crippen molar-refractivity contribution in [1.29, 1.82) is 0 Å². The lowest BCUT2D eigenvalue weighted by Crippen LogP contribution is -1.98. The molecule has 0 atom stereocenters. The highest BCUT2D eigenvalue weighted by atomic mass is 79.9. The monoisotopic (exact) mass is 358 g/mol. The lowest BCUT2D eigenvalue weighted by atomic mass is 10.3. The minimum absolute atomic E-state index is 0.151. The predicted molar refractivity (Wildman–Crippen MR) is 76.9 cm³/mol. The second kappa shape index (κ2) is 5.06. The van der Waals surface area contributed by atoms with Gasteiger partial charge in [0.1, 0.15) is 0 Å². The standard InChI is InChI=1S/C13H6BrF3N2S/c14-6-1-3-8-10(5-6)20-13(18-8)19-9-4-2-7(15)11(16)12(9)17/h1-5H,(H,18,19). The molecule has 3 aromatic rings. The number of fused-ring (bicyclic) bond motifs is 1. The van der Waals surface area contributed by atoms with Crippen LogP contribution in [-0.4, -0.2) is 4.98 Å². The van der Waals surface area contributed by atoms with Crippen LogP contribution in [0.15, 0.2) is 34.8 Å². The Hall–Kier alpha value is -1.60. The average molecular weight is 359 g/mol. The Morgan fingerprint density at radius 3 is 2.65 bits per heavy atom. The molecule has 1 heterocycles. The Morgan fingerprint density at radius 2 is 1.85 bits per heavy atom. The minimum atomic E-state index is -1.50. The number of thiazole rings is 1. The van der Waals surface area contributed by atoms with Gasteiger partial charge in [-0.25, -0.2) is 18.2 Å². The van der Waals surface area contributed by atoms with Crippen molar-refractivity contribution in [2.45, 2.75) is 0 Å². The second-order valence-electron chi connectivity index (χ2n) is 3.98. The summed E-state index contributed by atoms with van der Waals surface area (Å²) in [6, 6.07) is 7.52. The molecule has 0 radical (unpaired) electrons. The maximum atomic E-state index is 13.6. The number of benzene rings is 2. The zero-order valence-corrected chi connectivity index (χ0v) is 12.2. The summed E-state index contributed by atoms with van der Waals surface area (Å²) in [6.07, 6.45) is 0. The molecule has 7 heteroatoms. The molecule has 0 saturated heterocycles. The van der Waals surface area contributed by atoms with Gasteiger partial charge in [-0.3, -0.25) is 0 Å². The van der Waals surface area contributed by atoms with Crippen molar-refractivity contribution >= 4 is 48.3 Å². The van der Waals surface area contributed by atoms with Gasteiger partial charge in [-0.05, 0) is 30.3 Å². The minimum Gasteiger partial charge on any atom is -0.329 e. The maximum absolute atomic E-state index is 13.6. The van der Waals surface area contributed by atoms with Crippen LogP contribution in [0.5, 0.6) is 0 Å². The van der Waals surface area contributed by atoms with Crippen molar-refractivity contribution in [2.75, 3.05) is 5.32 Å². The fourth-order valence-corrected chi connectivity index (χ4v) is 3.12. The molecular weight excluding hydrogens is 353 g/mol. The van der Waals surface area contributed by atoms with Crippen molar-refractivity contribution in [3.8, 4) is 0 Å². The van der Waals surface area contributed by atoms with Crippen LogP contribution in [0.4, 0.5) is 24.0 Å².